The second-order valence-corrected chi connectivity index (χ2v) is 12.5. The predicted octanol–water partition coefficient (Wildman–Crippen LogP) is 6.14. The van der Waals surface area contributed by atoms with Gasteiger partial charge in [0.2, 0.25) is 0 Å². The first kappa shape index (κ1) is 16.8. The van der Waals surface area contributed by atoms with E-state index in [-0.39, 0.29) is 0 Å². The van der Waals surface area contributed by atoms with Gasteiger partial charge < -0.3 is 9.26 Å². The summed E-state index contributed by atoms with van der Waals surface area (Å²) in [6.07, 6.45) is 0.988. The minimum atomic E-state index is -2.81. The number of ether oxygens (including phenoxy) is 1. The third kappa shape index (κ3) is 4.50. The van der Waals surface area contributed by atoms with Crippen molar-refractivity contribution in [3.63, 3.8) is 0 Å². The van der Waals surface area contributed by atoms with Gasteiger partial charge in [-0.05, 0) is 64.6 Å². The van der Waals surface area contributed by atoms with Gasteiger partial charge in [-0.15, -0.1) is 0 Å². The number of hydrogen-bond donors (Lipinski definition) is 0. The highest BCUT2D eigenvalue weighted by atomic mass is 33.1. The summed E-state index contributed by atoms with van der Waals surface area (Å²) in [5, 5.41) is 0. The van der Waals surface area contributed by atoms with Gasteiger partial charge in [0, 0.05) is 11.5 Å². The van der Waals surface area contributed by atoms with Gasteiger partial charge in [-0.3, -0.25) is 4.57 Å². The summed E-state index contributed by atoms with van der Waals surface area (Å²) in [5.41, 5.74) is 2.39. The molecule has 1 aliphatic rings. The highest BCUT2D eigenvalue weighted by Crippen LogP contribution is 2.72. The van der Waals surface area contributed by atoms with Crippen molar-refractivity contribution in [1.29, 1.82) is 0 Å². The van der Waals surface area contributed by atoms with Crippen LogP contribution in [0.4, 0.5) is 0 Å². The summed E-state index contributed by atoms with van der Waals surface area (Å²) in [7, 11) is 0. The lowest BCUT2D eigenvalue weighted by molar-refractivity contribution is 0.317. The molecule has 3 nitrogen and oxygen atoms in total. The lowest BCUT2D eigenvalue weighted by Gasteiger charge is -2.15. The maximum absolute atomic E-state index is 13.0. The molecule has 1 heterocycles. The van der Waals surface area contributed by atoms with Crippen LogP contribution in [0.15, 0.2) is 48.5 Å². The molecule has 0 saturated carbocycles. The van der Waals surface area contributed by atoms with Gasteiger partial charge in [-0.25, -0.2) is 0 Å². The van der Waals surface area contributed by atoms with E-state index in [0.29, 0.717) is 17.3 Å². The van der Waals surface area contributed by atoms with Gasteiger partial charge in [0.15, 0.2) is 0 Å². The molecule has 0 bridgehead atoms. The third-order valence-electron chi connectivity index (χ3n) is 3.37. The molecule has 122 valence electrons. The topological polar surface area (TPSA) is 35.5 Å². The Morgan fingerprint density at radius 1 is 1.00 bits per heavy atom. The number of para-hydroxylation sites is 1. The smallest absolute Gasteiger partial charge is 0.360 e. The van der Waals surface area contributed by atoms with E-state index in [1.54, 1.807) is 0 Å². The Morgan fingerprint density at radius 2 is 1.74 bits per heavy atom. The standard InChI is InChI=1S/C17H19O3PS2/c1-2-10-19-17-9-8-14-12-22-21(18,23-13-15(14)11-17)20-16-6-4-3-5-7-16/h3-9,11H,2,10,12-13H2,1H3. The lowest BCUT2D eigenvalue weighted by Crippen LogP contribution is -1.97. The zero-order valence-electron chi connectivity index (χ0n) is 12.9. The maximum atomic E-state index is 13.0. The van der Waals surface area contributed by atoms with Crippen LogP contribution in [0.5, 0.6) is 11.5 Å². The van der Waals surface area contributed by atoms with E-state index in [1.165, 1.54) is 33.9 Å². The summed E-state index contributed by atoms with van der Waals surface area (Å²) in [6.45, 7) is 2.81. The minimum Gasteiger partial charge on any atom is -0.494 e. The Balaban J connectivity index is 1.73. The number of benzene rings is 2. The van der Waals surface area contributed by atoms with Crippen molar-refractivity contribution in [3.05, 3.63) is 59.7 Å². The Morgan fingerprint density at radius 3 is 2.48 bits per heavy atom. The fourth-order valence-corrected chi connectivity index (χ4v) is 8.35. The van der Waals surface area contributed by atoms with E-state index in [2.05, 4.69) is 19.1 Å². The first-order valence-corrected chi connectivity index (χ1v) is 12.4. The van der Waals surface area contributed by atoms with Crippen molar-refractivity contribution in [3.8, 4) is 11.5 Å². The Kier molecular flexibility index (Phi) is 5.62. The van der Waals surface area contributed by atoms with Gasteiger partial charge in [-0.2, -0.15) is 0 Å². The summed E-state index contributed by atoms with van der Waals surface area (Å²) in [6, 6.07) is 15.5. The first-order chi connectivity index (χ1) is 11.2. The molecule has 3 rings (SSSR count). The molecule has 0 amide bonds. The molecule has 0 radical (unpaired) electrons. The summed E-state index contributed by atoms with van der Waals surface area (Å²) in [4.78, 5) is 0. The fourth-order valence-electron chi connectivity index (χ4n) is 2.18. The monoisotopic (exact) mass is 366 g/mol. The van der Waals surface area contributed by atoms with Crippen molar-refractivity contribution in [2.24, 2.45) is 0 Å². The van der Waals surface area contributed by atoms with Crippen LogP contribution in [0, 0.1) is 0 Å². The highest BCUT2D eigenvalue weighted by molar-refractivity contribution is 8.89. The van der Waals surface area contributed by atoms with Gasteiger partial charge >= 0.3 is 5.77 Å². The molecule has 6 heteroatoms. The molecule has 0 aromatic heterocycles. The number of fused-ring (bicyclic) bond motifs is 1. The molecule has 0 N–H and O–H groups in total. The Bertz CT molecular complexity index is 706. The van der Waals surface area contributed by atoms with Crippen LogP contribution >= 0.6 is 28.5 Å². The second-order valence-electron chi connectivity index (χ2n) is 5.18. The van der Waals surface area contributed by atoms with E-state index in [9.17, 15) is 4.57 Å². The van der Waals surface area contributed by atoms with Crippen LogP contribution in [0.2, 0.25) is 0 Å². The van der Waals surface area contributed by atoms with E-state index < -0.39 is 5.77 Å². The van der Waals surface area contributed by atoms with Crippen LogP contribution < -0.4 is 9.26 Å². The average Bonchev–Trinajstić information content (AvgIpc) is 2.73. The normalized spacial score (nSPS) is 20.4. The van der Waals surface area contributed by atoms with Crippen molar-refractivity contribution in [1.82, 2.24) is 0 Å². The molecule has 23 heavy (non-hydrogen) atoms. The first-order valence-electron chi connectivity index (χ1n) is 7.57. The lowest BCUT2D eigenvalue weighted by atomic mass is 10.1. The number of hydrogen-bond acceptors (Lipinski definition) is 5. The molecule has 1 atom stereocenters. The molecule has 0 fully saturated rings. The molecular weight excluding hydrogens is 347 g/mol. The molecule has 2 aromatic rings. The minimum absolute atomic E-state index is 0.661. The largest absolute Gasteiger partial charge is 0.494 e. The van der Waals surface area contributed by atoms with Crippen LogP contribution in [-0.4, -0.2) is 6.61 Å². The van der Waals surface area contributed by atoms with Crippen molar-refractivity contribution in [2.45, 2.75) is 24.9 Å². The van der Waals surface area contributed by atoms with E-state index >= 15 is 0 Å². The van der Waals surface area contributed by atoms with Gasteiger partial charge in [-0.1, -0.05) is 31.2 Å². The van der Waals surface area contributed by atoms with Gasteiger partial charge in [0.1, 0.15) is 11.5 Å². The van der Waals surface area contributed by atoms with Crippen LogP contribution in [0.25, 0.3) is 0 Å². The Labute approximate surface area is 145 Å². The van der Waals surface area contributed by atoms with E-state index in [1.807, 2.05) is 36.4 Å². The van der Waals surface area contributed by atoms with Crippen molar-refractivity contribution >= 4 is 28.5 Å². The predicted molar refractivity (Wildman–Crippen MR) is 99.5 cm³/mol. The average molecular weight is 366 g/mol. The quantitative estimate of drug-likeness (QED) is 0.594. The molecule has 2 aromatic carbocycles. The van der Waals surface area contributed by atoms with Gasteiger partial charge in [0.05, 0.1) is 6.61 Å². The summed E-state index contributed by atoms with van der Waals surface area (Å²) in [5.74, 6) is 0.113. The highest BCUT2D eigenvalue weighted by Gasteiger charge is 2.30. The summed E-state index contributed by atoms with van der Waals surface area (Å²) >= 11 is 2.80. The zero-order valence-corrected chi connectivity index (χ0v) is 15.5. The third-order valence-corrected chi connectivity index (χ3v) is 10.3. The SMILES string of the molecule is CCCOc1ccc2c(c1)CSP(=O)(Oc1ccccc1)SC2. The van der Waals surface area contributed by atoms with Crippen molar-refractivity contribution in [2.75, 3.05) is 6.61 Å². The van der Waals surface area contributed by atoms with Crippen LogP contribution in [-0.2, 0) is 16.1 Å². The maximum Gasteiger partial charge on any atom is 0.360 e. The van der Waals surface area contributed by atoms with Crippen LogP contribution in [0.3, 0.4) is 0 Å². The Hall–Kier alpha value is -1.03. The molecular formula is C17H19O3PS2. The van der Waals surface area contributed by atoms with E-state index in [0.717, 1.165) is 18.8 Å². The zero-order chi connectivity index (χ0) is 16.1. The molecule has 1 aliphatic heterocycles. The van der Waals surface area contributed by atoms with E-state index in [4.69, 9.17) is 9.26 Å². The second kappa shape index (κ2) is 7.69. The fraction of sp³-hybridized carbons (Fsp3) is 0.294. The molecule has 0 spiro atoms. The van der Waals surface area contributed by atoms with Crippen molar-refractivity contribution < 1.29 is 13.8 Å². The molecule has 1 unspecified atom stereocenters. The van der Waals surface area contributed by atoms with Gasteiger partial charge in [0.25, 0.3) is 0 Å². The van der Waals surface area contributed by atoms with Crippen LogP contribution in [0.1, 0.15) is 24.5 Å². The molecule has 0 aliphatic carbocycles. The summed E-state index contributed by atoms with van der Waals surface area (Å²) < 4.78 is 24.5. The number of rotatable bonds is 5. The molecule has 0 saturated heterocycles.